The fourth-order valence-electron chi connectivity index (χ4n) is 3.92. The molecule has 2 heterocycles. The van der Waals surface area contributed by atoms with Crippen LogP contribution in [0.4, 0.5) is 0 Å². The molecular weight excluding hydrogens is 330 g/mol. The summed E-state index contributed by atoms with van der Waals surface area (Å²) in [7, 11) is 0. The fraction of sp³-hybridized carbons (Fsp3) is 0.500. The minimum atomic E-state index is 0.124. The van der Waals surface area contributed by atoms with Gasteiger partial charge in [-0.3, -0.25) is 9.48 Å². The van der Waals surface area contributed by atoms with Crippen LogP contribution in [0.3, 0.4) is 0 Å². The second kappa shape index (κ2) is 7.56. The number of hydrogen-bond acceptors (Lipinski definition) is 3. The highest BCUT2D eigenvalue weighted by molar-refractivity contribution is 7.13. The molecule has 2 aliphatic rings. The topological polar surface area (TPSA) is 46.9 Å². The second-order valence-corrected chi connectivity index (χ2v) is 8.03. The largest absolute Gasteiger partial charge is 0.350 e. The highest BCUT2D eigenvalue weighted by Crippen LogP contribution is 2.35. The van der Waals surface area contributed by atoms with Crippen molar-refractivity contribution in [2.24, 2.45) is 5.92 Å². The lowest BCUT2D eigenvalue weighted by Gasteiger charge is -2.16. The molecule has 4 nitrogen and oxygen atoms in total. The SMILES string of the molecule is O=C(NCc1cc(-c2cccs2)n(C2CCCC2)n1)C1CC=CCC1. The van der Waals surface area contributed by atoms with Crippen molar-refractivity contribution < 1.29 is 4.79 Å². The van der Waals surface area contributed by atoms with Crippen LogP contribution in [0.25, 0.3) is 10.6 Å². The van der Waals surface area contributed by atoms with Gasteiger partial charge in [-0.15, -0.1) is 11.3 Å². The summed E-state index contributed by atoms with van der Waals surface area (Å²) in [5.41, 5.74) is 2.17. The monoisotopic (exact) mass is 355 g/mol. The zero-order valence-electron chi connectivity index (χ0n) is 14.5. The zero-order valence-corrected chi connectivity index (χ0v) is 15.3. The van der Waals surface area contributed by atoms with Crippen LogP contribution < -0.4 is 5.32 Å². The highest BCUT2D eigenvalue weighted by Gasteiger charge is 2.23. The highest BCUT2D eigenvalue weighted by atomic mass is 32.1. The van der Waals surface area contributed by atoms with Crippen LogP contribution in [0, 0.1) is 5.92 Å². The molecule has 2 aromatic rings. The Balaban J connectivity index is 1.49. The van der Waals surface area contributed by atoms with Crippen molar-refractivity contribution in [3.05, 3.63) is 41.4 Å². The van der Waals surface area contributed by atoms with Gasteiger partial charge in [0.2, 0.25) is 5.91 Å². The van der Waals surface area contributed by atoms with E-state index in [4.69, 9.17) is 5.10 Å². The molecule has 132 valence electrons. The van der Waals surface area contributed by atoms with Crippen molar-refractivity contribution in [1.82, 2.24) is 15.1 Å². The Morgan fingerprint density at radius 1 is 1.28 bits per heavy atom. The summed E-state index contributed by atoms with van der Waals surface area (Å²) in [5.74, 6) is 0.288. The van der Waals surface area contributed by atoms with Gasteiger partial charge in [0, 0.05) is 5.92 Å². The lowest BCUT2D eigenvalue weighted by molar-refractivity contribution is -0.125. The number of aromatic nitrogens is 2. The van der Waals surface area contributed by atoms with E-state index in [0.717, 1.165) is 25.0 Å². The zero-order chi connectivity index (χ0) is 17.1. The third-order valence-corrected chi connectivity index (χ3v) is 6.21. The number of carbonyl (C=O) groups excluding carboxylic acids is 1. The first-order chi connectivity index (χ1) is 12.3. The van der Waals surface area contributed by atoms with Gasteiger partial charge in [-0.2, -0.15) is 5.10 Å². The van der Waals surface area contributed by atoms with Crippen LogP contribution >= 0.6 is 11.3 Å². The molecule has 1 fully saturated rings. The first-order valence-electron chi connectivity index (χ1n) is 9.36. The average molecular weight is 356 g/mol. The summed E-state index contributed by atoms with van der Waals surface area (Å²) in [4.78, 5) is 13.6. The van der Waals surface area contributed by atoms with Crippen LogP contribution in [-0.2, 0) is 11.3 Å². The van der Waals surface area contributed by atoms with E-state index in [-0.39, 0.29) is 11.8 Å². The quantitative estimate of drug-likeness (QED) is 0.790. The molecule has 4 rings (SSSR count). The normalized spacial score (nSPS) is 20.9. The number of carbonyl (C=O) groups is 1. The lowest BCUT2D eigenvalue weighted by atomic mass is 9.94. The number of thiophene rings is 1. The van der Waals surface area contributed by atoms with Crippen molar-refractivity contribution >= 4 is 17.2 Å². The van der Waals surface area contributed by atoms with Crippen molar-refractivity contribution in [3.8, 4) is 10.6 Å². The van der Waals surface area contributed by atoms with Crippen molar-refractivity contribution in [1.29, 1.82) is 0 Å². The lowest BCUT2D eigenvalue weighted by Crippen LogP contribution is -2.30. The van der Waals surface area contributed by atoms with Gasteiger partial charge in [0.05, 0.1) is 28.9 Å². The smallest absolute Gasteiger partial charge is 0.223 e. The average Bonchev–Trinajstić information content (AvgIpc) is 3.41. The molecule has 0 radical (unpaired) electrons. The Hall–Kier alpha value is -1.88. The second-order valence-electron chi connectivity index (χ2n) is 7.08. The summed E-state index contributed by atoms with van der Waals surface area (Å²) in [6, 6.07) is 6.91. The number of allylic oxidation sites excluding steroid dienone is 2. The molecule has 0 spiro atoms. The maximum Gasteiger partial charge on any atom is 0.223 e. The Morgan fingerprint density at radius 3 is 2.88 bits per heavy atom. The number of amides is 1. The van der Waals surface area contributed by atoms with Crippen molar-refractivity contribution in [2.75, 3.05) is 0 Å². The standard InChI is InChI=1S/C20H25N3OS/c24-20(15-7-2-1-3-8-15)21-14-16-13-18(19-11-6-12-25-19)23(22-16)17-9-4-5-10-17/h1-2,6,11-13,15,17H,3-5,7-10,14H2,(H,21,24). The summed E-state index contributed by atoms with van der Waals surface area (Å²) >= 11 is 1.75. The Morgan fingerprint density at radius 2 is 2.16 bits per heavy atom. The van der Waals surface area contributed by atoms with Gasteiger partial charge < -0.3 is 5.32 Å². The molecule has 2 aliphatic carbocycles. The van der Waals surface area contributed by atoms with Crippen LogP contribution in [-0.4, -0.2) is 15.7 Å². The van der Waals surface area contributed by atoms with E-state index >= 15 is 0 Å². The molecule has 1 saturated carbocycles. The van der Waals surface area contributed by atoms with Gasteiger partial charge in [-0.05, 0) is 49.6 Å². The first-order valence-corrected chi connectivity index (χ1v) is 10.2. The summed E-state index contributed by atoms with van der Waals surface area (Å²) in [5, 5.41) is 10.1. The summed E-state index contributed by atoms with van der Waals surface area (Å²) < 4.78 is 2.21. The third kappa shape index (κ3) is 3.71. The molecule has 5 heteroatoms. The molecule has 0 bridgehead atoms. The number of hydrogen-bond donors (Lipinski definition) is 1. The van der Waals surface area contributed by atoms with Gasteiger partial charge >= 0.3 is 0 Å². The van der Waals surface area contributed by atoms with Crippen molar-refractivity contribution in [3.63, 3.8) is 0 Å². The van der Waals surface area contributed by atoms with Crippen LogP contribution in [0.1, 0.15) is 56.7 Å². The summed E-state index contributed by atoms with van der Waals surface area (Å²) in [6.07, 6.45) is 12.1. The molecule has 0 saturated heterocycles. The third-order valence-electron chi connectivity index (χ3n) is 5.31. The van der Waals surface area contributed by atoms with Gasteiger partial charge in [0.15, 0.2) is 0 Å². The van der Waals surface area contributed by atoms with Crippen molar-refractivity contribution in [2.45, 2.75) is 57.5 Å². The number of nitrogens with zero attached hydrogens (tertiary/aromatic N) is 2. The fourth-order valence-corrected chi connectivity index (χ4v) is 4.65. The van der Waals surface area contributed by atoms with Crippen LogP contribution in [0.2, 0.25) is 0 Å². The van der Waals surface area contributed by atoms with E-state index in [2.05, 4.69) is 45.7 Å². The number of nitrogens with one attached hydrogen (secondary N) is 1. The van der Waals surface area contributed by atoms with Crippen LogP contribution in [0.15, 0.2) is 35.7 Å². The van der Waals surface area contributed by atoms with Gasteiger partial charge in [0.25, 0.3) is 0 Å². The number of rotatable bonds is 5. The van der Waals surface area contributed by atoms with Gasteiger partial charge in [0.1, 0.15) is 0 Å². The van der Waals surface area contributed by atoms with Gasteiger partial charge in [-0.25, -0.2) is 0 Å². The first kappa shape index (κ1) is 16.6. The predicted molar refractivity (Wildman–Crippen MR) is 101 cm³/mol. The van der Waals surface area contributed by atoms with E-state index in [1.807, 2.05) is 0 Å². The van der Waals surface area contributed by atoms with E-state index in [1.54, 1.807) is 11.3 Å². The minimum absolute atomic E-state index is 0.124. The van der Waals surface area contributed by atoms with E-state index < -0.39 is 0 Å². The van der Waals surface area contributed by atoms with E-state index in [0.29, 0.717) is 12.6 Å². The molecular formula is C20H25N3OS. The Labute approximate surface area is 152 Å². The molecule has 25 heavy (non-hydrogen) atoms. The molecule has 1 atom stereocenters. The molecule has 0 aromatic carbocycles. The maximum absolute atomic E-state index is 12.4. The summed E-state index contributed by atoms with van der Waals surface area (Å²) in [6.45, 7) is 0.525. The molecule has 1 unspecified atom stereocenters. The predicted octanol–water partition coefficient (Wildman–Crippen LogP) is 4.70. The Kier molecular flexibility index (Phi) is 5.02. The van der Waals surface area contributed by atoms with E-state index in [9.17, 15) is 4.79 Å². The Bertz CT molecular complexity index is 741. The minimum Gasteiger partial charge on any atom is -0.350 e. The molecule has 2 aromatic heterocycles. The maximum atomic E-state index is 12.4. The molecule has 1 amide bonds. The molecule has 1 N–H and O–H groups in total. The van der Waals surface area contributed by atoms with Crippen LogP contribution in [0.5, 0.6) is 0 Å². The van der Waals surface area contributed by atoms with E-state index in [1.165, 1.54) is 36.3 Å². The molecule has 0 aliphatic heterocycles. The van der Waals surface area contributed by atoms with Gasteiger partial charge in [-0.1, -0.05) is 31.1 Å².